The Morgan fingerprint density at radius 3 is 1.69 bits per heavy atom. The summed E-state index contributed by atoms with van der Waals surface area (Å²) >= 11 is 0. The third kappa shape index (κ3) is 8.58. The molecular weight excluding hydrogens is 523 g/mol. The van der Waals surface area contributed by atoms with Crippen molar-refractivity contribution < 1.29 is 17.5 Å². The van der Waals surface area contributed by atoms with Crippen LogP contribution in [0, 0.1) is 5.41 Å². The normalized spacial score (nSPS) is 16.1. The van der Waals surface area contributed by atoms with Gasteiger partial charge in [-0.3, -0.25) is 4.55 Å². The second kappa shape index (κ2) is 13.5. The van der Waals surface area contributed by atoms with Crippen molar-refractivity contribution in [3.05, 3.63) is 126 Å². The molecule has 0 spiro atoms. The molecule has 0 aliphatic heterocycles. The summed E-state index contributed by atoms with van der Waals surface area (Å²) in [5, 5.41) is 4.31. The van der Waals surface area contributed by atoms with Gasteiger partial charge < -0.3 is 4.55 Å². The van der Waals surface area contributed by atoms with Gasteiger partial charge >= 0.3 is 0 Å². The standard InChI is InChI=1S/C33H38P.H2O4S/c1-27(22-23-32-28(2)15-14-25-33(32,3)4)24-26-34(29-16-8-5-9-17-29,30-18-10-6-11-19-30)31-20-12-7-13-21-31;1-5(2,3)4/h5-13,16-24H,14-15,25-26H2,1-4H3;(H2,1,2,3,4)/q+1;/p-1/b23-22+,27-24-;. The van der Waals surface area contributed by atoms with E-state index in [0.717, 1.165) is 6.16 Å². The number of hydrogen-bond acceptors (Lipinski definition) is 3. The van der Waals surface area contributed by atoms with E-state index in [4.69, 9.17) is 17.5 Å². The maximum atomic E-state index is 8.63. The number of benzene rings is 3. The van der Waals surface area contributed by atoms with Crippen molar-refractivity contribution in [2.45, 2.75) is 47.0 Å². The van der Waals surface area contributed by atoms with Crippen molar-refractivity contribution in [3.63, 3.8) is 0 Å². The first-order chi connectivity index (χ1) is 18.4. The highest BCUT2D eigenvalue weighted by molar-refractivity contribution is 7.95. The fraction of sp³-hybridized carbons (Fsp3) is 0.273. The third-order valence-electron chi connectivity index (χ3n) is 7.33. The smallest absolute Gasteiger partial charge is 0.215 e. The Labute approximate surface area is 235 Å². The summed E-state index contributed by atoms with van der Waals surface area (Å²) in [6, 6.07) is 33.4. The molecule has 39 heavy (non-hydrogen) atoms. The molecule has 3 aromatic rings. The number of hydrogen-bond donors (Lipinski definition) is 1. The van der Waals surface area contributed by atoms with Crippen LogP contribution in [-0.2, 0) is 10.4 Å². The molecule has 4 rings (SSSR count). The van der Waals surface area contributed by atoms with E-state index in [1.165, 1.54) is 46.3 Å². The van der Waals surface area contributed by atoms with E-state index >= 15 is 0 Å². The van der Waals surface area contributed by atoms with Gasteiger partial charge in [-0.2, -0.15) is 0 Å². The van der Waals surface area contributed by atoms with Crippen molar-refractivity contribution in [2.24, 2.45) is 5.41 Å². The summed E-state index contributed by atoms with van der Waals surface area (Å²) in [6.45, 7) is 9.37. The lowest BCUT2D eigenvalue weighted by molar-refractivity contribution is 0.366. The van der Waals surface area contributed by atoms with Gasteiger partial charge in [0.15, 0.2) is 0 Å². The monoisotopic (exact) mass is 562 g/mol. The molecule has 0 atom stereocenters. The second-order valence-corrected chi connectivity index (χ2v) is 15.0. The van der Waals surface area contributed by atoms with Crippen molar-refractivity contribution in [3.8, 4) is 0 Å². The maximum absolute atomic E-state index is 8.63. The van der Waals surface area contributed by atoms with E-state index < -0.39 is 17.7 Å². The molecule has 206 valence electrons. The maximum Gasteiger partial charge on any atom is 0.215 e. The van der Waals surface area contributed by atoms with E-state index in [9.17, 15) is 0 Å². The van der Waals surface area contributed by atoms with Gasteiger partial charge in [0.05, 0.1) is 6.16 Å². The van der Waals surface area contributed by atoms with E-state index in [1.54, 1.807) is 5.57 Å². The number of allylic oxidation sites excluding steroid dienone is 6. The fourth-order valence-corrected chi connectivity index (χ4v) is 9.52. The molecule has 0 unspecified atom stereocenters. The number of rotatable bonds is 7. The van der Waals surface area contributed by atoms with Gasteiger partial charge in [-0.25, -0.2) is 8.42 Å². The van der Waals surface area contributed by atoms with Gasteiger partial charge in [-0.05, 0) is 86.6 Å². The first-order valence-electron chi connectivity index (χ1n) is 13.2. The SMILES string of the molecule is CC1=C(/C=C/C(C)=C\C[P+](c2ccccc2)(c2ccccc2)c2ccccc2)C(C)(C)CCC1.O=S(=O)([O-])O. The van der Waals surface area contributed by atoms with E-state index in [1.807, 2.05) is 0 Å². The van der Waals surface area contributed by atoms with Crippen molar-refractivity contribution >= 4 is 33.6 Å². The van der Waals surface area contributed by atoms with Crippen molar-refractivity contribution in [1.29, 1.82) is 0 Å². The molecule has 0 fully saturated rings. The largest absolute Gasteiger partial charge is 0.726 e. The Morgan fingerprint density at radius 2 is 1.31 bits per heavy atom. The molecule has 6 heteroatoms. The Kier molecular flexibility index (Phi) is 10.6. The van der Waals surface area contributed by atoms with E-state index in [0.29, 0.717) is 0 Å². The van der Waals surface area contributed by atoms with Gasteiger partial charge in [-0.15, -0.1) is 0 Å². The van der Waals surface area contributed by atoms with Crippen molar-refractivity contribution in [1.82, 2.24) is 0 Å². The molecule has 1 aliphatic rings. The second-order valence-electron chi connectivity index (χ2n) is 10.6. The summed E-state index contributed by atoms with van der Waals surface area (Å²) in [5.41, 5.74) is 4.70. The van der Waals surface area contributed by atoms with Crippen LogP contribution in [-0.4, -0.2) is 23.7 Å². The molecule has 0 amide bonds. The average Bonchev–Trinajstić information content (AvgIpc) is 2.89. The van der Waals surface area contributed by atoms with Crippen LogP contribution < -0.4 is 15.9 Å². The predicted molar refractivity (Wildman–Crippen MR) is 166 cm³/mol. The van der Waals surface area contributed by atoms with Gasteiger partial charge in [0.1, 0.15) is 23.2 Å². The molecule has 0 saturated carbocycles. The molecule has 0 radical (unpaired) electrons. The lowest BCUT2D eigenvalue weighted by Gasteiger charge is -2.33. The Balaban J connectivity index is 0.000000771. The Hall–Kier alpha value is -2.82. The molecule has 0 saturated heterocycles. The molecule has 0 aromatic heterocycles. The van der Waals surface area contributed by atoms with Crippen molar-refractivity contribution in [2.75, 3.05) is 6.16 Å². The zero-order chi connectivity index (χ0) is 28.5. The average molecular weight is 563 g/mol. The molecule has 4 nitrogen and oxygen atoms in total. The van der Waals surface area contributed by atoms with Crippen LogP contribution in [0.2, 0.25) is 0 Å². The topological polar surface area (TPSA) is 77.4 Å². The van der Waals surface area contributed by atoms with Crippen LogP contribution in [0.5, 0.6) is 0 Å². The highest BCUT2D eigenvalue weighted by Crippen LogP contribution is 2.55. The minimum Gasteiger partial charge on any atom is -0.726 e. The highest BCUT2D eigenvalue weighted by Gasteiger charge is 2.44. The van der Waals surface area contributed by atoms with Gasteiger partial charge in [0, 0.05) is 0 Å². The van der Waals surface area contributed by atoms with Crippen LogP contribution in [0.4, 0.5) is 0 Å². The molecule has 1 N–H and O–H groups in total. The summed E-state index contributed by atoms with van der Waals surface area (Å²) < 4.78 is 32.8. The Bertz CT molecular complexity index is 1300. The zero-order valence-electron chi connectivity index (χ0n) is 23.2. The van der Waals surface area contributed by atoms with Gasteiger partial charge in [0.25, 0.3) is 0 Å². The lowest BCUT2D eigenvalue weighted by atomic mass is 9.72. The predicted octanol–water partition coefficient (Wildman–Crippen LogP) is 7.01. The zero-order valence-corrected chi connectivity index (χ0v) is 25.0. The fourth-order valence-electron chi connectivity index (χ4n) is 5.38. The van der Waals surface area contributed by atoms with Gasteiger partial charge in [0.2, 0.25) is 10.4 Å². The Morgan fingerprint density at radius 1 is 0.897 bits per heavy atom. The summed E-state index contributed by atoms with van der Waals surface area (Å²) in [7, 11) is -6.74. The molecular formula is C33H39O4PS. The van der Waals surface area contributed by atoms with Crippen LogP contribution in [0.1, 0.15) is 47.0 Å². The summed E-state index contributed by atoms with van der Waals surface area (Å²) in [5.74, 6) is 0. The quantitative estimate of drug-likeness (QED) is 0.145. The van der Waals surface area contributed by atoms with Crippen LogP contribution in [0.15, 0.2) is 126 Å². The van der Waals surface area contributed by atoms with Gasteiger partial charge in [-0.1, -0.05) is 91.7 Å². The molecule has 3 aromatic carbocycles. The van der Waals surface area contributed by atoms with E-state index in [-0.39, 0.29) is 5.41 Å². The summed E-state index contributed by atoms with van der Waals surface area (Å²) in [6.07, 6.45) is 12.1. The van der Waals surface area contributed by atoms with E-state index in [2.05, 4.69) is 137 Å². The van der Waals surface area contributed by atoms with Crippen LogP contribution in [0.25, 0.3) is 0 Å². The third-order valence-corrected chi connectivity index (χ3v) is 11.6. The first kappa shape index (κ1) is 30.7. The first-order valence-corrected chi connectivity index (χ1v) is 16.6. The lowest BCUT2D eigenvalue weighted by Crippen LogP contribution is -2.33. The molecule has 0 bridgehead atoms. The van der Waals surface area contributed by atoms with Crippen LogP contribution in [0.3, 0.4) is 0 Å². The molecule has 1 aliphatic carbocycles. The minimum absolute atomic E-state index is 0.272. The van der Waals surface area contributed by atoms with Crippen LogP contribution >= 0.6 is 7.26 Å². The molecule has 0 heterocycles. The minimum atomic E-state index is -4.92. The highest BCUT2D eigenvalue weighted by atomic mass is 32.3. The summed E-state index contributed by atoms with van der Waals surface area (Å²) in [4.78, 5) is 0.